The van der Waals surface area contributed by atoms with E-state index in [4.69, 9.17) is 4.74 Å². The van der Waals surface area contributed by atoms with Gasteiger partial charge < -0.3 is 4.74 Å². The number of esters is 1. The Hall–Kier alpha value is -0.530. The monoisotopic (exact) mass is 368 g/mol. The van der Waals surface area contributed by atoms with E-state index >= 15 is 0 Å². The van der Waals surface area contributed by atoms with Gasteiger partial charge in [-0.1, -0.05) is 105 Å². The molecule has 0 spiro atoms. The molecule has 0 radical (unpaired) electrons. The largest absolute Gasteiger partial charge is 0.465 e. The first-order valence-corrected chi connectivity index (χ1v) is 11.8. The van der Waals surface area contributed by atoms with Crippen LogP contribution in [0.5, 0.6) is 0 Å². The highest BCUT2D eigenvalue weighted by Crippen LogP contribution is 2.19. The van der Waals surface area contributed by atoms with Crippen molar-refractivity contribution in [3.8, 4) is 0 Å². The molecule has 1 unspecified atom stereocenters. The summed E-state index contributed by atoms with van der Waals surface area (Å²) in [6.07, 6.45) is 19.6. The molecule has 156 valence electrons. The topological polar surface area (TPSA) is 26.3 Å². The summed E-state index contributed by atoms with van der Waals surface area (Å²) in [5.41, 5.74) is 0. The van der Waals surface area contributed by atoms with Crippen molar-refractivity contribution >= 4 is 5.97 Å². The lowest BCUT2D eigenvalue weighted by atomic mass is 9.95. The van der Waals surface area contributed by atoms with Crippen LogP contribution in [-0.4, -0.2) is 12.6 Å². The molecule has 0 aliphatic carbocycles. The molecule has 0 bridgehead atoms. The van der Waals surface area contributed by atoms with Gasteiger partial charge in [-0.05, 0) is 31.1 Å². The number of hydrogen-bond donors (Lipinski definition) is 0. The minimum absolute atomic E-state index is 0.0281. The maximum absolute atomic E-state index is 12.0. The Morgan fingerprint density at radius 2 is 1.19 bits per heavy atom. The van der Waals surface area contributed by atoms with Crippen LogP contribution in [0.2, 0.25) is 0 Å². The van der Waals surface area contributed by atoms with Crippen LogP contribution in [0.15, 0.2) is 0 Å². The molecule has 0 rings (SSSR count). The van der Waals surface area contributed by atoms with Crippen LogP contribution in [0.4, 0.5) is 0 Å². The van der Waals surface area contributed by atoms with Crippen LogP contribution in [0.25, 0.3) is 0 Å². The molecule has 0 saturated heterocycles. The van der Waals surface area contributed by atoms with Crippen LogP contribution in [0.3, 0.4) is 0 Å². The summed E-state index contributed by atoms with van der Waals surface area (Å²) in [5.74, 6) is 1.41. The second-order valence-electron chi connectivity index (χ2n) is 8.59. The molecule has 0 fully saturated rings. The van der Waals surface area contributed by atoms with Gasteiger partial charge in [-0.25, -0.2) is 0 Å². The summed E-state index contributed by atoms with van der Waals surface area (Å²) in [5, 5.41) is 0. The van der Waals surface area contributed by atoms with E-state index in [0.717, 1.165) is 12.3 Å². The predicted octanol–water partition coefficient (Wildman–Crippen LogP) is 8.08. The highest BCUT2D eigenvalue weighted by atomic mass is 16.5. The highest BCUT2D eigenvalue weighted by Gasteiger charge is 2.12. The third kappa shape index (κ3) is 18.3. The zero-order valence-corrected chi connectivity index (χ0v) is 18.5. The average Bonchev–Trinajstić information content (AvgIpc) is 2.61. The van der Waals surface area contributed by atoms with E-state index in [1.54, 1.807) is 0 Å². The Morgan fingerprint density at radius 3 is 1.81 bits per heavy atom. The molecule has 0 aromatic heterocycles. The first-order chi connectivity index (χ1) is 12.6. The van der Waals surface area contributed by atoms with Crippen LogP contribution >= 0.6 is 0 Å². The standard InChI is InChI=1S/C24H48O2/c1-5-7-9-10-15-19-23(18-13-8-6-2)21-26-24(25)20-16-12-11-14-17-22(3)4/h22-23H,5-21H2,1-4H3. The third-order valence-corrected chi connectivity index (χ3v) is 5.32. The fourth-order valence-corrected chi connectivity index (χ4v) is 3.49. The second-order valence-corrected chi connectivity index (χ2v) is 8.59. The van der Waals surface area contributed by atoms with Crippen molar-refractivity contribution < 1.29 is 9.53 Å². The molecule has 1 atom stereocenters. The molecule has 0 saturated carbocycles. The van der Waals surface area contributed by atoms with Crippen molar-refractivity contribution in [3.63, 3.8) is 0 Å². The van der Waals surface area contributed by atoms with Gasteiger partial charge in [0.2, 0.25) is 0 Å². The Morgan fingerprint density at radius 1 is 0.692 bits per heavy atom. The Bertz CT molecular complexity index is 299. The maximum Gasteiger partial charge on any atom is 0.305 e. The molecule has 0 aromatic carbocycles. The summed E-state index contributed by atoms with van der Waals surface area (Å²) in [6.45, 7) is 9.72. The van der Waals surface area contributed by atoms with Crippen LogP contribution < -0.4 is 0 Å². The van der Waals surface area contributed by atoms with Crippen molar-refractivity contribution in [2.75, 3.05) is 6.61 Å². The molecule has 26 heavy (non-hydrogen) atoms. The molecular formula is C24H48O2. The number of carbonyl (C=O) groups is 1. The molecule has 2 heteroatoms. The van der Waals surface area contributed by atoms with Crippen molar-refractivity contribution in [2.45, 2.75) is 130 Å². The highest BCUT2D eigenvalue weighted by molar-refractivity contribution is 5.69. The summed E-state index contributed by atoms with van der Waals surface area (Å²) in [6, 6.07) is 0. The number of rotatable bonds is 19. The van der Waals surface area contributed by atoms with Crippen molar-refractivity contribution in [1.29, 1.82) is 0 Å². The van der Waals surface area contributed by atoms with E-state index in [1.165, 1.54) is 89.9 Å². The Balaban J connectivity index is 3.83. The minimum Gasteiger partial charge on any atom is -0.465 e. The summed E-state index contributed by atoms with van der Waals surface area (Å²) in [7, 11) is 0. The van der Waals surface area contributed by atoms with Gasteiger partial charge >= 0.3 is 5.97 Å². The minimum atomic E-state index is 0.0281. The predicted molar refractivity (Wildman–Crippen MR) is 115 cm³/mol. The van der Waals surface area contributed by atoms with Gasteiger partial charge in [0.05, 0.1) is 6.61 Å². The van der Waals surface area contributed by atoms with Gasteiger partial charge in [-0.2, -0.15) is 0 Å². The van der Waals surface area contributed by atoms with E-state index < -0.39 is 0 Å². The van der Waals surface area contributed by atoms with Crippen LogP contribution in [-0.2, 0) is 9.53 Å². The van der Waals surface area contributed by atoms with Crippen molar-refractivity contribution in [2.24, 2.45) is 11.8 Å². The SMILES string of the molecule is CCCCCCCC(CCCCC)COC(=O)CCCCCCC(C)C. The van der Waals surface area contributed by atoms with E-state index in [-0.39, 0.29) is 5.97 Å². The second kappa shape index (κ2) is 19.2. The maximum atomic E-state index is 12.0. The number of ether oxygens (including phenoxy) is 1. The zero-order chi connectivity index (χ0) is 19.5. The molecule has 0 amide bonds. The van der Waals surface area contributed by atoms with Crippen molar-refractivity contribution in [1.82, 2.24) is 0 Å². The van der Waals surface area contributed by atoms with Crippen molar-refractivity contribution in [3.05, 3.63) is 0 Å². The summed E-state index contributed by atoms with van der Waals surface area (Å²) >= 11 is 0. The van der Waals surface area contributed by atoms with Gasteiger partial charge in [-0.15, -0.1) is 0 Å². The summed E-state index contributed by atoms with van der Waals surface area (Å²) in [4.78, 5) is 12.0. The van der Waals surface area contributed by atoms with E-state index in [1.807, 2.05) is 0 Å². The van der Waals surface area contributed by atoms with Crippen LogP contribution in [0, 0.1) is 11.8 Å². The molecular weight excluding hydrogens is 320 g/mol. The lowest BCUT2D eigenvalue weighted by Crippen LogP contribution is -2.14. The van der Waals surface area contributed by atoms with Gasteiger partial charge in [0, 0.05) is 6.42 Å². The number of carbonyl (C=O) groups excluding carboxylic acids is 1. The molecule has 2 nitrogen and oxygen atoms in total. The van der Waals surface area contributed by atoms with Gasteiger partial charge in [0.1, 0.15) is 0 Å². The summed E-state index contributed by atoms with van der Waals surface area (Å²) < 4.78 is 5.62. The van der Waals surface area contributed by atoms with Gasteiger partial charge in [0.25, 0.3) is 0 Å². The fraction of sp³-hybridized carbons (Fsp3) is 0.958. The molecule has 0 aromatic rings. The molecule has 0 N–H and O–H groups in total. The normalized spacial score (nSPS) is 12.5. The van der Waals surface area contributed by atoms with Gasteiger partial charge in [-0.3, -0.25) is 4.79 Å². The molecule has 0 heterocycles. The smallest absolute Gasteiger partial charge is 0.305 e. The van der Waals surface area contributed by atoms with E-state index in [0.29, 0.717) is 18.9 Å². The first-order valence-electron chi connectivity index (χ1n) is 11.8. The van der Waals surface area contributed by atoms with E-state index in [9.17, 15) is 4.79 Å². The van der Waals surface area contributed by atoms with Crippen LogP contribution in [0.1, 0.15) is 130 Å². The van der Waals surface area contributed by atoms with Gasteiger partial charge in [0.15, 0.2) is 0 Å². The lowest BCUT2D eigenvalue weighted by Gasteiger charge is -2.17. The quantitative estimate of drug-likeness (QED) is 0.170. The fourth-order valence-electron chi connectivity index (χ4n) is 3.49. The lowest BCUT2D eigenvalue weighted by molar-refractivity contribution is -0.145. The average molecular weight is 369 g/mol. The third-order valence-electron chi connectivity index (χ3n) is 5.32. The molecule has 0 aliphatic rings. The van der Waals surface area contributed by atoms with E-state index in [2.05, 4.69) is 27.7 Å². The molecule has 0 aliphatic heterocycles. The Labute approximate surface area is 164 Å². The number of hydrogen-bond acceptors (Lipinski definition) is 2. The first kappa shape index (κ1) is 25.5. The Kier molecular flexibility index (Phi) is 18.8. The number of unbranched alkanes of at least 4 members (excludes halogenated alkanes) is 9. The zero-order valence-electron chi connectivity index (χ0n) is 18.5.